The van der Waals surface area contributed by atoms with E-state index in [1.807, 2.05) is 32.3 Å². The summed E-state index contributed by atoms with van der Waals surface area (Å²) in [5.41, 5.74) is 1.66. The number of nitrogens with one attached hydrogen (secondary N) is 1. The van der Waals surface area contributed by atoms with Crippen LogP contribution in [0.15, 0.2) is 42.5 Å². The summed E-state index contributed by atoms with van der Waals surface area (Å²) in [4.78, 5) is 14.4. The van der Waals surface area contributed by atoms with E-state index in [4.69, 9.17) is 14.2 Å². The molecule has 0 fully saturated rings. The van der Waals surface area contributed by atoms with E-state index >= 15 is 0 Å². The van der Waals surface area contributed by atoms with Crippen LogP contribution in [0.4, 0.5) is 0 Å². The van der Waals surface area contributed by atoms with Gasteiger partial charge in [0.05, 0.1) is 13.2 Å². The second kappa shape index (κ2) is 7.44. The van der Waals surface area contributed by atoms with Gasteiger partial charge in [-0.3, -0.25) is 4.79 Å². The molecular formula is C19H22N2O4. The summed E-state index contributed by atoms with van der Waals surface area (Å²) >= 11 is 0. The monoisotopic (exact) mass is 342 g/mol. The lowest BCUT2D eigenvalue weighted by molar-refractivity contribution is 0.0942. The first-order valence-electron chi connectivity index (χ1n) is 8.06. The standard InChI is InChI=1S/C19H22N2O4/c1-21(2)16(14-6-9-17-18(10-14)25-12-24-17)11-20-19(22)13-4-7-15(23-3)8-5-13/h4-10,16H,11-12H2,1-3H3,(H,20,22)/t16-/m1/s1. The number of likely N-dealkylation sites (N-methyl/N-ethyl adjacent to an activating group) is 1. The van der Waals surface area contributed by atoms with Gasteiger partial charge in [0.25, 0.3) is 5.91 Å². The minimum absolute atomic E-state index is 0.0247. The van der Waals surface area contributed by atoms with Crippen molar-refractivity contribution in [3.05, 3.63) is 53.6 Å². The van der Waals surface area contributed by atoms with Gasteiger partial charge in [-0.1, -0.05) is 6.07 Å². The maximum Gasteiger partial charge on any atom is 0.251 e. The molecule has 25 heavy (non-hydrogen) atoms. The van der Waals surface area contributed by atoms with Crippen LogP contribution in [0.2, 0.25) is 0 Å². The molecule has 0 bridgehead atoms. The highest BCUT2D eigenvalue weighted by Gasteiger charge is 2.20. The van der Waals surface area contributed by atoms with Gasteiger partial charge in [-0.05, 0) is 56.1 Å². The van der Waals surface area contributed by atoms with Gasteiger partial charge in [0.15, 0.2) is 11.5 Å². The fourth-order valence-electron chi connectivity index (χ4n) is 2.75. The first-order chi connectivity index (χ1) is 12.1. The van der Waals surface area contributed by atoms with Crippen LogP contribution in [0.3, 0.4) is 0 Å². The molecule has 132 valence electrons. The summed E-state index contributed by atoms with van der Waals surface area (Å²) in [7, 11) is 5.56. The van der Waals surface area contributed by atoms with E-state index in [2.05, 4.69) is 10.2 Å². The number of amides is 1. The SMILES string of the molecule is COc1ccc(C(=O)NC[C@H](c2ccc3c(c2)OCO3)N(C)C)cc1. The Kier molecular flexibility index (Phi) is 5.09. The van der Waals surface area contributed by atoms with Gasteiger partial charge >= 0.3 is 0 Å². The first-order valence-corrected chi connectivity index (χ1v) is 8.06. The second-order valence-electron chi connectivity index (χ2n) is 6.03. The largest absolute Gasteiger partial charge is 0.497 e. The Morgan fingerprint density at radius 3 is 2.56 bits per heavy atom. The van der Waals surface area contributed by atoms with Gasteiger partial charge in [0, 0.05) is 12.1 Å². The molecule has 6 nitrogen and oxygen atoms in total. The van der Waals surface area contributed by atoms with E-state index in [1.54, 1.807) is 31.4 Å². The van der Waals surface area contributed by atoms with E-state index in [-0.39, 0.29) is 18.7 Å². The molecule has 0 aromatic heterocycles. The minimum Gasteiger partial charge on any atom is -0.497 e. The molecule has 0 aliphatic carbocycles. The predicted molar refractivity (Wildman–Crippen MR) is 94.3 cm³/mol. The molecule has 0 spiro atoms. The summed E-state index contributed by atoms with van der Waals surface area (Å²) in [5.74, 6) is 2.10. The van der Waals surface area contributed by atoms with E-state index in [1.165, 1.54) is 0 Å². The number of ether oxygens (including phenoxy) is 3. The average Bonchev–Trinajstić information content (AvgIpc) is 3.09. The topological polar surface area (TPSA) is 60.0 Å². The third-order valence-corrected chi connectivity index (χ3v) is 4.21. The Labute approximate surface area is 147 Å². The van der Waals surface area contributed by atoms with Crippen LogP contribution in [0.5, 0.6) is 17.2 Å². The highest BCUT2D eigenvalue weighted by atomic mass is 16.7. The van der Waals surface area contributed by atoms with Gasteiger partial charge < -0.3 is 24.4 Å². The lowest BCUT2D eigenvalue weighted by atomic mass is 10.0. The third-order valence-electron chi connectivity index (χ3n) is 4.21. The van der Waals surface area contributed by atoms with Crippen molar-refractivity contribution >= 4 is 5.91 Å². The lowest BCUT2D eigenvalue weighted by Crippen LogP contribution is -2.34. The number of fused-ring (bicyclic) bond motifs is 1. The Morgan fingerprint density at radius 1 is 1.16 bits per heavy atom. The number of benzene rings is 2. The zero-order valence-corrected chi connectivity index (χ0v) is 14.6. The first kappa shape index (κ1) is 17.1. The Balaban J connectivity index is 1.68. The summed E-state index contributed by atoms with van der Waals surface area (Å²) in [6, 6.07) is 12.9. The van der Waals surface area contributed by atoms with Crippen molar-refractivity contribution in [2.45, 2.75) is 6.04 Å². The molecule has 2 aromatic carbocycles. The highest BCUT2D eigenvalue weighted by molar-refractivity contribution is 5.94. The third kappa shape index (κ3) is 3.85. The Hall–Kier alpha value is -2.73. The van der Waals surface area contributed by atoms with Gasteiger partial charge in [-0.2, -0.15) is 0 Å². The fraction of sp³-hybridized carbons (Fsp3) is 0.316. The number of carbonyl (C=O) groups excluding carboxylic acids is 1. The van der Waals surface area contributed by atoms with Crippen LogP contribution < -0.4 is 19.5 Å². The predicted octanol–water partition coefficient (Wildman–Crippen LogP) is 2.46. The van der Waals surface area contributed by atoms with Crippen molar-refractivity contribution in [1.82, 2.24) is 10.2 Å². The maximum absolute atomic E-state index is 12.4. The number of hydrogen-bond acceptors (Lipinski definition) is 5. The zero-order valence-electron chi connectivity index (χ0n) is 14.6. The van der Waals surface area contributed by atoms with Crippen LogP contribution >= 0.6 is 0 Å². The molecule has 1 amide bonds. The number of hydrogen-bond donors (Lipinski definition) is 1. The summed E-state index contributed by atoms with van der Waals surface area (Å²) < 4.78 is 15.9. The molecule has 1 aliphatic heterocycles. The molecule has 1 heterocycles. The minimum atomic E-state index is -0.116. The molecule has 1 aliphatic rings. The molecule has 6 heteroatoms. The van der Waals surface area contributed by atoms with Crippen molar-refractivity contribution in [2.24, 2.45) is 0 Å². The van der Waals surface area contributed by atoms with Crippen LogP contribution in [-0.2, 0) is 0 Å². The smallest absolute Gasteiger partial charge is 0.251 e. The molecule has 0 unspecified atom stereocenters. The van der Waals surface area contributed by atoms with Gasteiger partial charge in [-0.15, -0.1) is 0 Å². The normalized spacial score (nSPS) is 13.6. The quantitative estimate of drug-likeness (QED) is 0.874. The Morgan fingerprint density at radius 2 is 1.88 bits per heavy atom. The Bertz CT molecular complexity index is 744. The summed E-state index contributed by atoms with van der Waals surface area (Å²) in [6.45, 7) is 0.733. The molecule has 3 rings (SSSR count). The van der Waals surface area contributed by atoms with E-state index in [0.29, 0.717) is 12.1 Å². The summed E-state index contributed by atoms with van der Waals surface area (Å²) in [6.07, 6.45) is 0. The van der Waals surface area contributed by atoms with Gasteiger partial charge in [-0.25, -0.2) is 0 Å². The number of carbonyl (C=O) groups is 1. The van der Waals surface area contributed by atoms with Crippen LogP contribution in [-0.4, -0.2) is 45.3 Å². The number of rotatable bonds is 6. The molecule has 0 radical (unpaired) electrons. The molecule has 2 aromatic rings. The molecular weight excluding hydrogens is 320 g/mol. The number of nitrogens with zero attached hydrogens (tertiary/aromatic N) is 1. The highest BCUT2D eigenvalue weighted by Crippen LogP contribution is 2.34. The van der Waals surface area contributed by atoms with Gasteiger partial charge in [0.2, 0.25) is 6.79 Å². The lowest BCUT2D eigenvalue weighted by Gasteiger charge is -2.25. The second-order valence-corrected chi connectivity index (χ2v) is 6.03. The molecule has 0 saturated carbocycles. The fourth-order valence-corrected chi connectivity index (χ4v) is 2.75. The molecule has 0 saturated heterocycles. The van der Waals surface area contributed by atoms with Crippen molar-refractivity contribution in [2.75, 3.05) is 34.5 Å². The van der Waals surface area contributed by atoms with Crippen molar-refractivity contribution in [3.8, 4) is 17.2 Å². The van der Waals surface area contributed by atoms with Crippen LogP contribution in [0, 0.1) is 0 Å². The molecule has 1 atom stereocenters. The van der Waals surface area contributed by atoms with Crippen molar-refractivity contribution < 1.29 is 19.0 Å². The van der Waals surface area contributed by atoms with Crippen LogP contribution in [0.25, 0.3) is 0 Å². The van der Waals surface area contributed by atoms with Crippen molar-refractivity contribution in [1.29, 1.82) is 0 Å². The van der Waals surface area contributed by atoms with Crippen LogP contribution in [0.1, 0.15) is 22.0 Å². The zero-order chi connectivity index (χ0) is 17.8. The van der Waals surface area contributed by atoms with E-state index < -0.39 is 0 Å². The van der Waals surface area contributed by atoms with E-state index in [9.17, 15) is 4.79 Å². The van der Waals surface area contributed by atoms with E-state index in [0.717, 1.165) is 22.8 Å². The van der Waals surface area contributed by atoms with Gasteiger partial charge in [0.1, 0.15) is 5.75 Å². The average molecular weight is 342 g/mol. The van der Waals surface area contributed by atoms with Crippen molar-refractivity contribution in [3.63, 3.8) is 0 Å². The maximum atomic E-state index is 12.4. The number of methoxy groups -OCH3 is 1. The summed E-state index contributed by atoms with van der Waals surface area (Å²) in [5, 5.41) is 2.99. The molecule has 1 N–H and O–H groups in total.